The van der Waals surface area contributed by atoms with Gasteiger partial charge in [0.05, 0.1) is 23.8 Å². The van der Waals surface area contributed by atoms with Crippen LogP contribution >= 0.6 is 0 Å². The van der Waals surface area contributed by atoms with Gasteiger partial charge in [-0.05, 0) is 31.2 Å². The molecule has 0 saturated heterocycles. The van der Waals surface area contributed by atoms with E-state index in [4.69, 9.17) is 4.74 Å². The number of methoxy groups -OCH3 is 1. The summed E-state index contributed by atoms with van der Waals surface area (Å²) >= 11 is 0. The lowest BCUT2D eigenvalue weighted by atomic mass is 10.2. The Bertz CT molecular complexity index is 956. The summed E-state index contributed by atoms with van der Waals surface area (Å²) in [6.07, 6.45) is 0.204. The topological polar surface area (TPSA) is 65.3 Å². The Kier molecular flexibility index (Phi) is 4.88. The van der Waals surface area contributed by atoms with Crippen molar-refractivity contribution in [3.8, 4) is 5.75 Å². The normalized spacial score (nSPS) is 10.8. The van der Waals surface area contributed by atoms with Gasteiger partial charge in [0.1, 0.15) is 5.75 Å². The van der Waals surface area contributed by atoms with Gasteiger partial charge in [0.25, 0.3) is 0 Å². The minimum absolute atomic E-state index is 0.0891. The van der Waals surface area contributed by atoms with E-state index < -0.39 is 0 Å². The molecule has 0 atom stereocenters. The Morgan fingerprint density at radius 3 is 2.36 bits per heavy atom. The smallest absolute Gasteiger partial charge is 0.329 e. The van der Waals surface area contributed by atoms with Crippen LogP contribution in [0.2, 0.25) is 0 Å². The number of ether oxygens (including phenoxy) is 1. The summed E-state index contributed by atoms with van der Waals surface area (Å²) in [7, 11) is 1.56. The number of nitrogens with zero attached hydrogens (tertiary/aromatic N) is 2. The maximum atomic E-state index is 12.6. The fraction of sp³-hybridized carbons (Fsp3) is 0.263. The standard InChI is InChI=1S/C19H21N3O3/c1-3-21-15-9-5-6-10-16(15)22(19(21)24)13-12-18(23)20-14-8-4-7-11-17(14)25-2/h4-11H,3,12-13H2,1-2H3,(H,20,23). The van der Waals surface area contributed by atoms with Gasteiger partial charge in [0, 0.05) is 19.5 Å². The lowest BCUT2D eigenvalue weighted by molar-refractivity contribution is -0.116. The van der Waals surface area contributed by atoms with Crippen LogP contribution in [0.5, 0.6) is 5.75 Å². The molecule has 2 aromatic carbocycles. The fourth-order valence-electron chi connectivity index (χ4n) is 2.97. The number of imidazole rings is 1. The molecule has 1 heterocycles. The predicted molar refractivity (Wildman–Crippen MR) is 98.1 cm³/mol. The summed E-state index contributed by atoms with van der Waals surface area (Å²) in [4.78, 5) is 24.9. The Balaban J connectivity index is 1.78. The van der Waals surface area contributed by atoms with Gasteiger partial charge >= 0.3 is 5.69 Å². The van der Waals surface area contributed by atoms with Crippen molar-refractivity contribution in [3.63, 3.8) is 0 Å². The molecule has 1 aromatic heterocycles. The number of hydrogen-bond acceptors (Lipinski definition) is 3. The third-order valence-electron chi connectivity index (χ3n) is 4.18. The lowest BCUT2D eigenvalue weighted by Gasteiger charge is -2.10. The van der Waals surface area contributed by atoms with E-state index in [1.165, 1.54) is 0 Å². The molecule has 6 heteroatoms. The number of carbonyl (C=O) groups excluding carboxylic acids is 1. The average Bonchev–Trinajstić information content (AvgIpc) is 2.91. The van der Waals surface area contributed by atoms with E-state index in [-0.39, 0.29) is 18.0 Å². The molecule has 1 N–H and O–H groups in total. The molecular formula is C19H21N3O3. The highest BCUT2D eigenvalue weighted by atomic mass is 16.5. The Labute approximate surface area is 145 Å². The highest BCUT2D eigenvalue weighted by Crippen LogP contribution is 2.23. The molecule has 0 unspecified atom stereocenters. The largest absolute Gasteiger partial charge is 0.495 e. The van der Waals surface area contributed by atoms with Crippen molar-refractivity contribution >= 4 is 22.6 Å². The van der Waals surface area contributed by atoms with E-state index in [0.717, 1.165) is 11.0 Å². The van der Waals surface area contributed by atoms with E-state index in [0.29, 0.717) is 24.5 Å². The number of anilines is 1. The summed E-state index contributed by atoms with van der Waals surface area (Å²) in [5, 5.41) is 2.83. The number of amides is 1. The quantitative estimate of drug-likeness (QED) is 0.751. The molecule has 0 saturated carbocycles. The van der Waals surface area contributed by atoms with E-state index >= 15 is 0 Å². The molecule has 1 amide bonds. The number of hydrogen-bond donors (Lipinski definition) is 1. The molecule has 0 fully saturated rings. The molecule has 3 aromatic rings. The maximum absolute atomic E-state index is 12.6. The lowest BCUT2D eigenvalue weighted by Crippen LogP contribution is -2.25. The maximum Gasteiger partial charge on any atom is 0.329 e. The molecule has 3 rings (SSSR count). The summed E-state index contributed by atoms with van der Waals surface area (Å²) in [6.45, 7) is 2.86. The van der Waals surface area contributed by atoms with Gasteiger partial charge in [-0.1, -0.05) is 24.3 Å². The van der Waals surface area contributed by atoms with Gasteiger partial charge in [-0.3, -0.25) is 13.9 Å². The van der Waals surface area contributed by atoms with Crippen LogP contribution in [0.4, 0.5) is 5.69 Å². The Hall–Kier alpha value is -3.02. The minimum Gasteiger partial charge on any atom is -0.495 e. The second-order valence-electron chi connectivity index (χ2n) is 5.67. The van der Waals surface area contributed by atoms with E-state index in [9.17, 15) is 9.59 Å². The van der Waals surface area contributed by atoms with Crippen molar-refractivity contribution in [1.29, 1.82) is 0 Å². The Morgan fingerprint density at radius 2 is 1.68 bits per heavy atom. The number of rotatable bonds is 6. The van der Waals surface area contributed by atoms with Crippen LogP contribution in [0.15, 0.2) is 53.3 Å². The van der Waals surface area contributed by atoms with Gasteiger partial charge in [0.15, 0.2) is 0 Å². The molecule has 0 aliphatic heterocycles. The van der Waals surface area contributed by atoms with Gasteiger partial charge in [-0.25, -0.2) is 4.79 Å². The number of benzene rings is 2. The molecular weight excluding hydrogens is 318 g/mol. The molecule has 0 radical (unpaired) electrons. The number of para-hydroxylation sites is 4. The van der Waals surface area contributed by atoms with Gasteiger partial charge in [-0.15, -0.1) is 0 Å². The fourth-order valence-corrected chi connectivity index (χ4v) is 2.97. The number of carbonyl (C=O) groups is 1. The number of aromatic nitrogens is 2. The first-order valence-corrected chi connectivity index (χ1v) is 8.26. The molecule has 0 aliphatic carbocycles. The molecule has 0 bridgehead atoms. The molecule has 0 spiro atoms. The third kappa shape index (κ3) is 3.28. The van der Waals surface area contributed by atoms with Crippen LogP contribution in [0.25, 0.3) is 11.0 Å². The van der Waals surface area contributed by atoms with E-state index in [1.807, 2.05) is 43.3 Å². The predicted octanol–water partition coefficient (Wildman–Crippen LogP) is 2.86. The van der Waals surface area contributed by atoms with Crippen molar-refractivity contribution in [2.24, 2.45) is 0 Å². The highest BCUT2D eigenvalue weighted by molar-refractivity contribution is 5.92. The summed E-state index contributed by atoms with van der Waals surface area (Å²) in [5.41, 5.74) is 2.27. The minimum atomic E-state index is -0.162. The monoisotopic (exact) mass is 339 g/mol. The van der Waals surface area contributed by atoms with Crippen LogP contribution in [0.1, 0.15) is 13.3 Å². The van der Waals surface area contributed by atoms with Crippen LogP contribution in [0.3, 0.4) is 0 Å². The van der Waals surface area contributed by atoms with Gasteiger partial charge < -0.3 is 10.1 Å². The van der Waals surface area contributed by atoms with Crippen LogP contribution in [-0.4, -0.2) is 22.2 Å². The first kappa shape index (κ1) is 16.8. The third-order valence-corrected chi connectivity index (χ3v) is 4.18. The molecule has 0 aliphatic rings. The SMILES string of the molecule is CCn1c(=O)n(CCC(=O)Nc2ccccc2OC)c2ccccc21. The highest BCUT2D eigenvalue weighted by Gasteiger charge is 2.13. The summed E-state index contributed by atoms with van der Waals surface area (Å²) < 4.78 is 8.60. The van der Waals surface area contributed by atoms with Gasteiger partial charge in [-0.2, -0.15) is 0 Å². The zero-order valence-electron chi connectivity index (χ0n) is 14.4. The van der Waals surface area contributed by atoms with E-state index in [1.54, 1.807) is 28.4 Å². The van der Waals surface area contributed by atoms with Gasteiger partial charge in [0.2, 0.25) is 5.91 Å². The van der Waals surface area contributed by atoms with Crippen molar-refractivity contribution in [2.45, 2.75) is 26.4 Å². The van der Waals surface area contributed by atoms with Crippen molar-refractivity contribution in [3.05, 3.63) is 59.0 Å². The van der Waals surface area contributed by atoms with Crippen molar-refractivity contribution < 1.29 is 9.53 Å². The van der Waals surface area contributed by atoms with Crippen LogP contribution in [0, 0.1) is 0 Å². The number of nitrogens with one attached hydrogen (secondary N) is 1. The Morgan fingerprint density at radius 1 is 1.04 bits per heavy atom. The zero-order valence-corrected chi connectivity index (χ0v) is 14.4. The first-order valence-electron chi connectivity index (χ1n) is 8.26. The average molecular weight is 339 g/mol. The number of aryl methyl sites for hydroxylation is 2. The van der Waals surface area contributed by atoms with Crippen molar-refractivity contribution in [2.75, 3.05) is 12.4 Å². The first-order chi connectivity index (χ1) is 12.2. The molecule has 6 nitrogen and oxygen atoms in total. The number of fused-ring (bicyclic) bond motifs is 1. The molecule has 25 heavy (non-hydrogen) atoms. The summed E-state index contributed by atoms with van der Waals surface area (Å²) in [5.74, 6) is 0.445. The second-order valence-corrected chi connectivity index (χ2v) is 5.67. The van der Waals surface area contributed by atoms with Crippen LogP contribution in [-0.2, 0) is 17.9 Å². The van der Waals surface area contributed by atoms with E-state index in [2.05, 4.69) is 5.32 Å². The molecule has 130 valence electrons. The van der Waals surface area contributed by atoms with Crippen LogP contribution < -0.4 is 15.7 Å². The zero-order chi connectivity index (χ0) is 17.8. The van der Waals surface area contributed by atoms with Crippen molar-refractivity contribution in [1.82, 2.24) is 9.13 Å². The second kappa shape index (κ2) is 7.25. The summed E-state index contributed by atoms with van der Waals surface area (Å²) in [6, 6.07) is 14.9.